The molecule has 0 heterocycles. The predicted octanol–water partition coefficient (Wildman–Crippen LogP) is 0.536. The topological polar surface area (TPSA) is 52.3 Å². The van der Waals surface area contributed by atoms with E-state index in [0.717, 1.165) is 0 Å². The maximum Gasteiger partial charge on any atom is 0.196 e. The minimum absolute atomic E-state index is 0.116. The summed E-state index contributed by atoms with van der Waals surface area (Å²) >= 11 is 0. The van der Waals surface area contributed by atoms with Gasteiger partial charge in [-0.3, -0.25) is 4.79 Å². The molecule has 0 unspecified atom stereocenters. The lowest BCUT2D eigenvalue weighted by atomic mass is 10.3. The van der Waals surface area contributed by atoms with Gasteiger partial charge in [-0.15, -0.1) is 0 Å². The van der Waals surface area contributed by atoms with Gasteiger partial charge in [-0.2, -0.15) is 5.90 Å². The van der Waals surface area contributed by atoms with Crippen molar-refractivity contribution in [3.63, 3.8) is 0 Å². The molecule has 0 aromatic rings. The second kappa shape index (κ2) is 3.86. The number of hydrogen-bond donors (Lipinski definition) is 1. The molecule has 0 bridgehead atoms. The van der Waals surface area contributed by atoms with Crippen LogP contribution in [0.1, 0.15) is 6.92 Å². The molecule has 0 radical (unpaired) electrons. The number of hydrogen-bond acceptors (Lipinski definition) is 3. The number of allylic oxidation sites excluding steroid dienone is 3. The van der Waals surface area contributed by atoms with E-state index in [2.05, 4.69) is 11.4 Å². The molecule has 3 nitrogen and oxygen atoms in total. The third kappa shape index (κ3) is 2.66. The number of nitrogens with two attached hydrogens (primary N) is 1. The lowest BCUT2D eigenvalue weighted by molar-refractivity contribution is -0.116. The molecule has 3 heteroatoms. The average molecular weight is 127 g/mol. The molecule has 0 saturated carbocycles. The summed E-state index contributed by atoms with van der Waals surface area (Å²) in [4.78, 5) is 14.6. The molecule has 0 amide bonds. The van der Waals surface area contributed by atoms with Gasteiger partial charge in [0.15, 0.2) is 11.5 Å². The standard InChI is InChI=1S/C6H9NO2/c1-3-4-6(9-7)5(2)8/h3-4H,1,7H2,2H3/b6-4-. The van der Waals surface area contributed by atoms with Crippen molar-refractivity contribution in [1.82, 2.24) is 0 Å². The Hall–Kier alpha value is -1.09. The summed E-state index contributed by atoms with van der Waals surface area (Å²) in [5, 5.41) is 0. The Kier molecular flexibility index (Phi) is 3.39. The molecule has 9 heavy (non-hydrogen) atoms. The van der Waals surface area contributed by atoms with Gasteiger partial charge < -0.3 is 4.84 Å². The summed E-state index contributed by atoms with van der Waals surface area (Å²) in [7, 11) is 0. The third-order valence-corrected chi connectivity index (χ3v) is 0.743. The SMILES string of the molecule is C=C/C=C(\ON)C(C)=O. The molecule has 0 aliphatic rings. The first kappa shape index (κ1) is 7.91. The molecular formula is C6H9NO2. The van der Waals surface area contributed by atoms with Crippen LogP contribution in [-0.4, -0.2) is 5.78 Å². The Morgan fingerprint density at radius 2 is 2.33 bits per heavy atom. The van der Waals surface area contributed by atoms with Crippen molar-refractivity contribution in [1.29, 1.82) is 0 Å². The van der Waals surface area contributed by atoms with Crippen LogP contribution >= 0.6 is 0 Å². The molecule has 0 aromatic carbocycles. The fourth-order valence-electron chi connectivity index (χ4n) is 0.347. The Balaban J connectivity index is 4.14. The summed E-state index contributed by atoms with van der Waals surface area (Å²) in [6, 6.07) is 0. The van der Waals surface area contributed by atoms with Crippen LogP contribution in [0.3, 0.4) is 0 Å². The molecule has 0 aliphatic carbocycles. The Bertz CT molecular complexity index is 149. The molecule has 50 valence electrons. The molecule has 0 saturated heterocycles. The van der Waals surface area contributed by atoms with Gasteiger partial charge in [0.1, 0.15) is 0 Å². The van der Waals surface area contributed by atoms with E-state index in [1.54, 1.807) is 0 Å². The summed E-state index contributed by atoms with van der Waals surface area (Å²) in [6.07, 6.45) is 2.84. The maximum atomic E-state index is 10.4. The van der Waals surface area contributed by atoms with Crippen LogP contribution < -0.4 is 5.90 Å². The van der Waals surface area contributed by atoms with Crippen molar-refractivity contribution < 1.29 is 9.63 Å². The summed E-state index contributed by atoms with van der Waals surface area (Å²) in [5.41, 5.74) is 0. The first-order valence-corrected chi connectivity index (χ1v) is 2.42. The number of Topliss-reactive ketones (excluding diaryl/α,β-unsaturated/α-hetero) is 1. The Morgan fingerprint density at radius 3 is 2.44 bits per heavy atom. The zero-order valence-corrected chi connectivity index (χ0v) is 5.26. The number of carbonyl (C=O) groups excluding carboxylic acids is 1. The van der Waals surface area contributed by atoms with Gasteiger partial charge in [-0.05, 0) is 6.08 Å². The van der Waals surface area contributed by atoms with Crippen LogP contribution in [0.25, 0.3) is 0 Å². The van der Waals surface area contributed by atoms with E-state index < -0.39 is 0 Å². The highest BCUT2D eigenvalue weighted by Crippen LogP contribution is 1.93. The maximum absolute atomic E-state index is 10.4. The zero-order chi connectivity index (χ0) is 7.28. The minimum atomic E-state index is -0.211. The molecule has 0 atom stereocenters. The van der Waals surface area contributed by atoms with E-state index in [9.17, 15) is 4.79 Å². The summed E-state index contributed by atoms with van der Waals surface area (Å²) in [5.74, 6) is 4.63. The van der Waals surface area contributed by atoms with Gasteiger partial charge in [0.2, 0.25) is 0 Å². The molecule has 0 aliphatic heterocycles. The second-order valence-corrected chi connectivity index (χ2v) is 1.44. The monoisotopic (exact) mass is 127 g/mol. The molecule has 0 fully saturated rings. The summed E-state index contributed by atoms with van der Waals surface area (Å²) < 4.78 is 0. The Morgan fingerprint density at radius 1 is 1.78 bits per heavy atom. The largest absolute Gasteiger partial charge is 0.408 e. The van der Waals surface area contributed by atoms with Crippen LogP contribution in [0, 0.1) is 0 Å². The van der Waals surface area contributed by atoms with Crippen molar-refractivity contribution in [2.24, 2.45) is 5.90 Å². The first-order valence-electron chi connectivity index (χ1n) is 2.42. The average Bonchev–Trinajstić information content (AvgIpc) is 1.82. The quantitative estimate of drug-likeness (QED) is 0.260. The van der Waals surface area contributed by atoms with Crippen molar-refractivity contribution in [2.45, 2.75) is 6.92 Å². The lowest BCUT2D eigenvalue weighted by Gasteiger charge is -1.95. The van der Waals surface area contributed by atoms with Gasteiger partial charge in [-0.25, -0.2) is 0 Å². The van der Waals surface area contributed by atoms with E-state index in [1.165, 1.54) is 19.1 Å². The van der Waals surface area contributed by atoms with E-state index in [1.807, 2.05) is 0 Å². The molecule has 0 rings (SSSR count). The van der Waals surface area contributed by atoms with E-state index >= 15 is 0 Å². The van der Waals surface area contributed by atoms with Crippen LogP contribution in [0.5, 0.6) is 0 Å². The number of rotatable bonds is 3. The molecular weight excluding hydrogens is 118 g/mol. The smallest absolute Gasteiger partial charge is 0.196 e. The lowest BCUT2D eigenvalue weighted by Crippen LogP contribution is -2.06. The predicted molar refractivity (Wildman–Crippen MR) is 34.2 cm³/mol. The van der Waals surface area contributed by atoms with E-state index in [4.69, 9.17) is 5.90 Å². The van der Waals surface area contributed by atoms with Gasteiger partial charge in [0.05, 0.1) is 0 Å². The van der Waals surface area contributed by atoms with E-state index in [-0.39, 0.29) is 11.5 Å². The first-order chi connectivity index (χ1) is 4.22. The van der Waals surface area contributed by atoms with Gasteiger partial charge in [0.25, 0.3) is 0 Å². The van der Waals surface area contributed by atoms with Gasteiger partial charge >= 0.3 is 0 Å². The van der Waals surface area contributed by atoms with Crippen LogP contribution in [-0.2, 0) is 9.63 Å². The van der Waals surface area contributed by atoms with Crippen molar-refractivity contribution in [2.75, 3.05) is 0 Å². The fourth-order valence-corrected chi connectivity index (χ4v) is 0.347. The highest BCUT2D eigenvalue weighted by Gasteiger charge is 1.99. The third-order valence-electron chi connectivity index (χ3n) is 0.743. The second-order valence-electron chi connectivity index (χ2n) is 1.44. The summed E-state index contributed by atoms with van der Waals surface area (Å²) in [6.45, 7) is 4.73. The molecule has 0 spiro atoms. The van der Waals surface area contributed by atoms with Gasteiger partial charge in [-0.1, -0.05) is 12.7 Å². The van der Waals surface area contributed by atoms with Crippen molar-refractivity contribution in [3.8, 4) is 0 Å². The minimum Gasteiger partial charge on any atom is -0.408 e. The van der Waals surface area contributed by atoms with Crippen LogP contribution in [0.4, 0.5) is 0 Å². The highest BCUT2D eigenvalue weighted by molar-refractivity contribution is 5.91. The van der Waals surface area contributed by atoms with Crippen molar-refractivity contribution >= 4 is 5.78 Å². The normalized spacial score (nSPS) is 10.7. The fraction of sp³-hybridized carbons (Fsp3) is 0.167. The van der Waals surface area contributed by atoms with Gasteiger partial charge in [0, 0.05) is 6.92 Å². The van der Waals surface area contributed by atoms with Crippen LogP contribution in [0.15, 0.2) is 24.5 Å². The zero-order valence-electron chi connectivity index (χ0n) is 5.26. The Labute approximate surface area is 53.8 Å². The van der Waals surface area contributed by atoms with E-state index in [0.29, 0.717) is 0 Å². The van der Waals surface area contributed by atoms with Crippen molar-refractivity contribution in [3.05, 3.63) is 24.5 Å². The molecule has 2 N–H and O–H groups in total. The number of ketones is 1. The highest BCUT2D eigenvalue weighted by atomic mass is 16.6. The number of carbonyl (C=O) groups is 1. The molecule has 0 aromatic heterocycles. The van der Waals surface area contributed by atoms with Crippen LogP contribution in [0.2, 0.25) is 0 Å².